The van der Waals surface area contributed by atoms with Crippen molar-refractivity contribution in [2.45, 2.75) is 45.4 Å². The molecule has 0 aromatic heterocycles. The van der Waals surface area contributed by atoms with Crippen molar-refractivity contribution in [2.75, 3.05) is 0 Å². The highest BCUT2D eigenvalue weighted by molar-refractivity contribution is 6.19. The predicted octanol–water partition coefficient (Wildman–Crippen LogP) is -0.0725. The van der Waals surface area contributed by atoms with Crippen molar-refractivity contribution >= 4 is 35.7 Å². The van der Waals surface area contributed by atoms with Gasteiger partial charge in [-0.15, -0.1) is 0 Å². The molecule has 0 atom stereocenters. The fraction of sp³-hybridized carbons (Fsp3) is 0.625. The van der Waals surface area contributed by atoms with Gasteiger partial charge in [0.25, 0.3) is 0 Å². The minimum Gasteiger partial charge on any atom is -0.277 e. The van der Waals surface area contributed by atoms with Gasteiger partial charge in [0, 0.05) is 0 Å². The first kappa shape index (κ1) is 19.5. The Hall–Kier alpha value is -2.78. The molecule has 2 heterocycles. The van der Waals surface area contributed by atoms with Crippen molar-refractivity contribution < 1.29 is 28.8 Å². The summed E-state index contributed by atoms with van der Waals surface area (Å²) in [6.45, 7) is 2.06. The van der Waals surface area contributed by atoms with E-state index in [1.165, 1.54) is 0 Å². The summed E-state index contributed by atoms with van der Waals surface area (Å²) in [6, 6.07) is -1.88. The van der Waals surface area contributed by atoms with E-state index in [0.717, 1.165) is 25.7 Å². The van der Waals surface area contributed by atoms with Gasteiger partial charge in [0.15, 0.2) is 0 Å². The Kier molecular flexibility index (Phi) is 6.42. The Morgan fingerprint density at radius 2 is 1.04 bits per heavy atom. The van der Waals surface area contributed by atoms with E-state index >= 15 is 0 Å². The number of carbonyl (C=O) groups excluding carboxylic acids is 6. The van der Waals surface area contributed by atoms with Crippen LogP contribution in [0.5, 0.6) is 0 Å². The summed E-state index contributed by atoms with van der Waals surface area (Å²) in [6.07, 6.45) is 4.68. The van der Waals surface area contributed by atoms with Gasteiger partial charge in [0.2, 0.25) is 23.6 Å². The van der Waals surface area contributed by atoms with E-state index < -0.39 is 53.4 Å². The standard InChI is InChI=1S/C16H22N4O6/c1-2-3-4-5-6-7-8(9-11(21)17-15(25)18-12(9)22)10-13(23)19-16(26)20-14(10)24/h8-10H,2-7H2,1H3,(H2,17,18,21,22,25)(H2,19,20,23,24,26). The number of barbiturate groups is 2. The Balaban J connectivity index is 2.20. The van der Waals surface area contributed by atoms with Crippen molar-refractivity contribution in [3.05, 3.63) is 0 Å². The third kappa shape index (κ3) is 4.44. The SMILES string of the molecule is CCCCCCCC(C1C(=O)NC(=O)NC1=O)C1C(=O)NC(=O)NC1=O. The lowest BCUT2D eigenvalue weighted by Crippen LogP contribution is -2.63. The maximum Gasteiger partial charge on any atom is 0.328 e. The Morgan fingerprint density at radius 1 is 0.654 bits per heavy atom. The zero-order chi connectivity index (χ0) is 19.3. The van der Waals surface area contributed by atoms with E-state index in [0.29, 0.717) is 6.42 Å². The molecule has 0 aliphatic carbocycles. The fourth-order valence-electron chi connectivity index (χ4n) is 3.35. The average Bonchev–Trinajstić information content (AvgIpc) is 2.52. The number of unbranched alkanes of at least 4 members (excludes halogenated alkanes) is 4. The lowest BCUT2D eigenvalue weighted by Gasteiger charge is -2.33. The number of carbonyl (C=O) groups is 6. The molecule has 10 nitrogen and oxygen atoms in total. The highest BCUT2D eigenvalue weighted by Crippen LogP contribution is 2.31. The minimum absolute atomic E-state index is 0.253. The van der Waals surface area contributed by atoms with Crippen LogP contribution in [0.15, 0.2) is 0 Å². The molecule has 0 aromatic carbocycles. The lowest BCUT2D eigenvalue weighted by molar-refractivity contribution is -0.144. The smallest absolute Gasteiger partial charge is 0.277 e. The first-order chi connectivity index (χ1) is 12.3. The maximum absolute atomic E-state index is 12.2. The zero-order valence-electron chi connectivity index (χ0n) is 14.4. The number of imide groups is 4. The Morgan fingerprint density at radius 3 is 1.42 bits per heavy atom. The average molecular weight is 366 g/mol. The molecule has 2 fully saturated rings. The van der Waals surface area contributed by atoms with Crippen LogP contribution in [-0.2, 0) is 19.2 Å². The van der Waals surface area contributed by atoms with Gasteiger partial charge in [-0.3, -0.25) is 40.4 Å². The fourth-order valence-corrected chi connectivity index (χ4v) is 3.35. The monoisotopic (exact) mass is 366 g/mol. The van der Waals surface area contributed by atoms with Gasteiger partial charge in [-0.1, -0.05) is 39.0 Å². The molecule has 0 unspecified atom stereocenters. The summed E-state index contributed by atoms with van der Waals surface area (Å²) in [5, 5.41) is 7.95. The number of hydrogen-bond donors (Lipinski definition) is 4. The van der Waals surface area contributed by atoms with Crippen molar-refractivity contribution in [2.24, 2.45) is 17.8 Å². The first-order valence-corrected chi connectivity index (χ1v) is 8.66. The van der Waals surface area contributed by atoms with Gasteiger partial charge in [-0.25, -0.2) is 9.59 Å². The van der Waals surface area contributed by atoms with Crippen LogP contribution in [0.3, 0.4) is 0 Å². The van der Waals surface area contributed by atoms with E-state index in [1.54, 1.807) is 0 Å². The number of nitrogens with one attached hydrogen (secondary N) is 4. The van der Waals surface area contributed by atoms with E-state index in [9.17, 15) is 28.8 Å². The van der Waals surface area contributed by atoms with Crippen LogP contribution >= 0.6 is 0 Å². The quantitative estimate of drug-likeness (QED) is 0.349. The molecule has 2 aliphatic heterocycles. The molecule has 8 amide bonds. The highest BCUT2D eigenvalue weighted by atomic mass is 16.2. The normalized spacial score (nSPS) is 19.3. The van der Waals surface area contributed by atoms with Crippen LogP contribution in [-0.4, -0.2) is 35.7 Å². The number of hydrogen-bond acceptors (Lipinski definition) is 6. The molecule has 0 bridgehead atoms. The molecule has 2 aliphatic rings. The lowest BCUT2D eigenvalue weighted by atomic mass is 9.75. The van der Waals surface area contributed by atoms with E-state index in [4.69, 9.17) is 0 Å². The summed E-state index contributed by atoms with van der Waals surface area (Å²) in [5.41, 5.74) is 0. The molecule has 0 spiro atoms. The Labute approximate surface area is 149 Å². The highest BCUT2D eigenvalue weighted by Gasteiger charge is 2.49. The third-order valence-electron chi connectivity index (χ3n) is 4.57. The van der Waals surface area contributed by atoms with Crippen LogP contribution in [0.25, 0.3) is 0 Å². The Bertz CT molecular complexity index is 559. The molecule has 10 heteroatoms. The van der Waals surface area contributed by atoms with Crippen LogP contribution in [0, 0.1) is 17.8 Å². The summed E-state index contributed by atoms with van der Waals surface area (Å²) in [5.74, 6) is -7.10. The van der Waals surface area contributed by atoms with Gasteiger partial charge in [-0.05, 0) is 12.3 Å². The van der Waals surface area contributed by atoms with Gasteiger partial charge >= 0.3 is 12.1 Å². The van der Waals surface area contributed by atoms with Crippen molar-refractivity contribution in [3.63, 3.8) is 0 Å². The van der Waals surface area contributed by atoms with Gasteiger partial charge in [0.1, 0.15) is 11.8 Å². The summed E-state index contributed by atoms with van der Waals surface area (Å²) >= 11 is 0. The van der Waals surface area contributed by atoms with Crippen molar-refractivity contribution in [1.82, 2.24) is 21.3 Å². The van der Waals surface area contributed by atoms with E-state index in [1.807, 2.05) is 21.3 Å². The molecule has 2 rings (SSSR count). The summed E-state index contributed by atoms with van der Waals surface area (Å²) in [4.78, 5) is 71.3. The third-order valence-corrected chi connectivity index (χ3v) is 4.57. The van der Waals surface area contributed by atoms with Crippen LogP contribution < -0.4 is 21.3 Å². The maximum atomic E-state index is 12.2. The van der Waals surface area contributed by atoms with Crippen molar-refractivity contribution in [3.8, 4) is 0 Å². The molecule has 0 aromatic rings. The number of urea groups is 2. The minimum atomic E-state index is -1.37. The molecular formula is C16H22N4O6. The van der Waals surface area contributed by atoms with E-state index in [2.05, 4.69) is 6.92 Å². The summed E-state index contributed by atoms with van der Waals surface area (Å²) < 4.78 is 0. The first-order valence-electron chi connectivity index (χ1n) is 8.66. The number of rotatable bonds is 8. The second-order valence-corrected chi connectivity index (χ2v) is 6.44. The molecule has 0 radical (unpaired) electrons. The zero-order valence-corrected chi connectivity index (χ0v) is 14.4. The number of amides is 8. The van der Waals surface area contributed by atoms with Gasteiger partial charge in [0.05, 0.1) is 0 Å². The van der Waals surface area contributed by atoms with Gasteiger partial charge < -0.3 is 0 Å². The van der Waals surface area contributed by atoms with Crippen molar-refractivity contribution in [1.29, 1.82) is 0 Å². The topological polar surface area (TPSA) is 151 Å². The summed E-state index contributed by atoms with van der Waals surface area (Å²) in [7, 11) is 0. The second-order valence-electron chi connectivity index (χ2n) is 6.44. The van der Waals surface area contributed by atoms with E-state index in [-0.39, 0.29) is 6.42 Å². The largest absolute Gasteiger partial charge is 0.328 e. The van der Waals surface area contributed by atoms with Gasteiger partial charge in [-0.2, -0.15) is 0 Å². The second kappa shape index (κ2) is 8.54. The van der Waals surface area contributed by atoms with Crippen LogP contribution in [0.1, 0.15) is 45.4 Å². The van der Waals surface area contributed by atoms with Crippen LogP contribution in [0.2, 0.25) is 0 Å². The van der Waals surface area contributed by atoms with Crippen LogP contribution in [0.4, 0.5) is 9.59 Å². The molecule has 4 N–H and O–H groups in total. The molecule has 26 heavy (non-hydrogen) atoms. The molecule has 142 valence electrons. The molecule has 0 saturated carbocycles. The predicted molar refractivity (Wildman–Crippen MR) is 87.2 cm³/mol. The molecular weight excluding hydrogens is 344 g/mol. The molecule has 2 saturated heterocycles.